The van der Waals surface area contributed by atoms with Gasteiger partial charge in [-0.25, -0.2) is 4.79 Å². The van der Waals surface area contributed by atoms with E-state index in [0.29, 0.717) is 11.3 Å². The van der Waals surface area contributed by atoms with E-state index in [1.807, 2.05) is 19.9 Å². The first-order chi connectivity index (χ1) is 10.0. The molecule has 110 valence electrons. The fourth-order valence-electron chi connectivity index (χ4n) is 3.44. The van der Waals surface area contributed by atoms with Crippen molar-refractivity contribution in [3.05, 3.63) is 35.9 Å². The summed E-state index contributed by atoms with van der Waals surface area (Å²) in [6.07, 6.45) is 0. The average molecular weight is 287 g/mol. The van der Waals surface area contributed by atoms with E-state index in [2.05, 4.69) is 5.16 Å². The lowest BCUT2D eigenvalue weighted by atomic mass is 9.53. The third-order valence-corrected chi connectivity index (χ3v) is 4.82. The highest BCUT2D eigenvalue weighted by atomic mass is 16.7. The van der Waals surface area contributed by atoms with E-state index in [1.54, 1.807) is 24.3 Å². The second kappa shape index (κ2) is 4.69. The van der Waals surface area contributed by atoms with Gasteiger partial charge in [0.1, 0.15) is 5.71 Å². The van der Waals surface area contributed by atoms with Gasteiger partial charge in [0.05, 0.1) is 13.0 Å². The number of hydrogen-bond acceptors (Lipinski definition) is 5. The molecule has 0 spiro atoms. The molecule has 4 atom stereocenters. The number of ether oxygens (including phenoxy) is 1. The highest BCUT2D eigenvalue weighted by Crippen LogP contribution is 2.56. The molecule has 1 aliphatic heterocycles. The van der Waals surface area contributed by atoms with Crippen molar-refractivity contribution in [3.8, 4) is 0 Å². The van der Waals surface area contributed by atoms with Gasteiger partial charge in [0.15, 0.2) is 0 Å². The summed E-state index contributed by atoms with van der Waals surface area (Å²) in [5.41, 5.74) is -0.266. The monoisotopic (exact) mass is 287 g/mol. The van der Waals surface area contributed by atoms with E-state index >= 15 is 0 Å². The normalized spacial score (nSPS) is 33.3. The second-order valence-electron chi connectivity index (χ2n) is 5.67. The number of Topliss-reactive ketones (excluding diaryl/α,β-unsaturated/α-hetero) is 1. The Balaban J connectivity index is 1.94. The number of esters is 1. The minimum Gasteiger partial charge on any atom is -0.466 e. The number of carbonyl (C=O) groups excluding carboxylic acids is 2. The number of methoxy groups -OCH3 is 1. The number of oxime groups is 1. The van der Waals surface area contributed by atoms with Gasteiger partial charge in [0.2, 0.25) is 11.4 Å². The van der Waals surface area contributed by atoms with Gasteiger partial charge in [-0.2, -0.15) is 0 Å². The molecular formula is C16H17NO4. The molecule has 0 aromatic heterocycles. The van der Waals surface area contributed by atoms with Gasteiger partial charge in [0.25, 0.3) is 0 Å². The van der Waals surface area contributed by atoms with Crippen LogP contribution in [0.5, 0.6) is 0 Å². The Morgan fingerprint density at radius 1 is 1.24 bits per heavy atom. The van der Waals surface area contributed by atoms with Gasteiger partial charge in [-0.1, -0.05) is 49.3 Å². The van der Waals surface area contributed by atoms with Gasteiger partial charge in [-0.15, -0.1) is 0 Å². The Bertz CT molecular complexity index is 624. The highest BCUT2D eigenvalue weighted by Gasteiger charge is 2.72. The zero-order valence-corrected chi connectivity index (χ0v) is 12.2. The van der Waals surface area contributed by atoms with Crippen molar-refractivity contribution < 1.29 is 19.2 Å². The van der Waals surface area contributed by atoms with Crippen LogP contribution >= 0.6 is 0 Å². The maximum absolute atomic E-state index is 12.6. The number of rotatable bonds is 3. The molecule has 1 aromatic rings. The first-order valence-electron chi connectivity index (χ1n) is 6.98. The van der Waals surface area contributed by atoms with Crippen molar-refractivity contribution in [3.63, 3.8) is 0 Å². The lowest BCUT2D eigenvalue weighted by Crippen LogP contribution is -2.66. The number of benzene rings is 1. The summed E-state index contributed by atoms with van der Waals surface area (Å²) in [5, 5.41) is 3.94. The summed E-state index contributed by atoms with van der Waals surface area (Å²) < 4.78 is 4.86. The number of carbonyl (C=O) groups is 2. The van der Waals surface area contributed by atoms with Crippen LogP contribution in [-0.2, 0) is 14.4 Å². The summed E-state index contributed by atoms with van der Waals surface area (Å²) >= 11 is 0. The van der Waals surface area contributed by atoms with Crippen LogP contribution in [0, 0.1) is 17.8 Å². The lowest BCUT2D eigenvalue weighted by Gasteiger charge is -2.50. The standard InChI is InChI=1S/C16H17NO4/c1-9-10(2)16(15(19)20-3)12(9)13(17-21-16)14(18)11-7-5-4-6-8-11/h4-10,12H,1-3H3/t9-,10-,12-,16-/m1/s1. The Morgan fingerprint density at radius 3 is 2.52 bits per heavy atom. The van der Waals surface area contributed by atoms with Crippen molar-refractivity contribution in [2.24, 2.45) is 22.9 Å². The Morgan fingerprint density at radius 2 is 1.90 bits per heavy atom. The molecule has 2 aliphatic rings. The van der Waals surface area contributed by atoms with Crippen LogP contribution in [0.15, 0.2) is 35.5 Å². The number of fused-ring (bicyclic) bond motifs is 1. The van der Waals surface area contributed by atoms with Crippen LogP contribution in [0.25, 0.3) is 0 Å². The molecule has 0 unspecified atom stereocenters. The van der Waals surface area contributed by atoms with Gasteiger partial charge < -0.3 is 9.57 Å². The van der Waals surface area contributed by atoms with E-state index in [-0.39, 0.29) is 23.5 Å². The topological polar surface area (TPSA) is 65.0 Å². The minimum absolute atomic E-state index is 0.0419. The number of nitrogens with zero attached hydrogens (tertiary/aromatic N) is 1. The molecule has 1 heterocycles. The summed E-state index contributed by atoms with van der Waals surface area (Å²) in [5.74, 6) is -0.895. The smallest absolute Gasteiger partial charge is 0.354 e. The zero-order chi connectivity index (χ0) is 15.2. The lowest BCUT2D eigenvalue weighted by molar-refractivity contribution is -0.210. The molecule has 1 aliphatic carbocycles. The largest absolute Gasteiger partial charge is 0.466 e. The van der Waals surface area contributed by atoms with Gasteiger partial charge >= 0.3 is 5.97 Å². The fraction of sp³-hybridized carbons (Fsp3) is 0.438. The Labute approximate surface area is 122 Å². The van der Waals surface area contributed by atoms with Gasteiger partial charge in [-0.05, 0) is 5.92 Å². The van der Waals surface area contributed by atoms with Gasteiger partial charge in [-0.3, -0.25) is 4.79 Å². The van der Waals surface area contributed by atoms with E-state index in [9.17, 15) is 9.59 Å². The van der Waals surface area contributed by atoms with E-state index in [1.165, 1.54) is 7.11 Å². The average Bonchev–Trinajstić information content (AvgIpc) is 2.90. The molecule has 0 amide bonds. The molecule has 5 heteroatoms. The molecule has 3 rings (SSSR count). The van der Waals surface area contributed by atoms with E-state index in [4.69, 9.17) is 9.57 Å². The Kier molecular flexibility index (Phi) is 3.08. The van der Waals surface area contributed by atoms with Crippen LogP contribution in [-0.4, -0.2) is 30.2 Å². The molecule has 0 radical (unpaired) electrons. The maximum Gasteiger partial charge on any atom is 0.354 e. The van der Waals surface area contributed by atoms with Crippen LogP contribution in [0.2, 0.25) is 0 Å². The van der Waals surface area contributed by atoms with Gasteiger partial charge in [0, 0.05) is 11.5 Å². The predicted molar refractivity (Wildman–Crippen MR) is 75.9 cm³/mol. The van der Waals surface area contributed by atoms with Crippen LogP contribution in [0.1, 0.15) is 24.2 Å². The van der Waals surface area contributed by atoms with Crippen LogP contribution in [0.4, 0.5) is 0 Å². The van der Waals surface area contributed by atoms with Crippen LogP contribution < -0.4 is 0 Å². The predicted octanol–water partition coefficient (Wildman–Crippen LogP) is 2.07. The summed E-state index contributed by atoms with van der Waals surface area (Å²) in [6.45, 7) is 3.92. The number of hydrogen-bond donors (Lipinski definition) is 0. The van der Waals surface area contributed by atoms with Crippen molar-refractivity contribution in [2.45, 2.75) is 19.4 Å². The molecule has 0 N–H and O–H groups in total. The van der Waals surface area contributed by atoms with Crippen molar-refractivity contribution in [2.75, 3.05) is 7.11 Å². The molecule has 0 bridgehead atoms. The highest BCUT2D eigenvalue weighted by molar-refractivity contribution is 6.47. The SMILES string of the molecule is COC(=O)[C@]12ON=C(C(=O)c3ccccc3)[C@H]1[C@H](C)[C@H]2C. The third kappa shape index (κ3) is 1.66. The molecule has 21 heavy (non-hydrogen) atoms. The molecule has 1 fully saturated rings. The van der Waals surface area contributed by atoms with Crippen molar-refractivity contribution >= 4 is 17.5 Å². The quantitative estimate of drug-likeness (QED) is 0.630. The minimum atomic E-state index is -1.13. The first-order valence-corrected chi connectivity index (χ1v) is 6.98. The summed E-state index contributed by atoms with van der Waals surface area (Å²) in [7, 11) is 1.32. The maximum atomic E-state index is 12.6. The van der Waals surface area contributed by atoms with Crippen molar-refractivity contribution in [1.29, 1.82) is 0 Å². The second-order valence-corrected chi connectivity index (χ2v) is 5.67. The fourth-order valence-corrected chi connectivity index (χ4v) is 3.44. The third-order valence-electron chi connectivity index (χ3n) is 4.82. The number of ketones is 1. The first kappa shape index (κ1) is 13.8. The summed E-state index contributed by atoms with van der Waals surface area (Å²) in [4.78, 5) is 30.1. The molecule has 5 nitrogen and oxygen atoms in total. The Hall–Kier alpha value is -2.17. The molecule has 0 saturated heterocycles. The molecular weight excluding hydrogens is 270 g/mol. The molecule has 1 aromatic carbocycles. The van der Waals surface area contributed by atoms with Crippen molar-refractivity contribution in [1.82, 2.24) is 0 Å². The molecule has 1 saturated carbocycles. The summed E-state index contributed by atoms with van der Waals surface area (Å²) in [6, 6.07) is 8.90. The zero-order valence-electron chi connectivity index (χ0n) is 12.2. The van der Waals surface area contributed by atoms with Crippen LogP contribution in [0.3, 0.4) is 0 Å². The van der Waals surface area contributed by atoms with E-state index in [0.717, 1.165) is 0 Å². The van der Waals surface area contributed by atoms with E-state index < -0.39 is 11.6 Å².